The average molecular weight is 338 g/mol. The number of aliphatic hydroxyl groups excluding tert-OH is 1. The van der Waals surface area contributed by atoms with E-state index in [-0.39, 0.29) is 30.5 Å². The Kier molecular flexibility index (Phi) is 4.60. The summed E-state index contributed by atoms with van der Waals surface area (Å²) >= 11 is 1.98. The van der Waals surface area contributed by atoms with Gasteiger partial charge in [0.25, 0.3) is 0 Å². The Balaban J connectivity index is 1.83. The van der Waals surface area contributed by atoms with Crippen LogP contribution in [0, 0.1) is 0 Å². The number of aliphatic hydroxyl groups is 1. The summed E-state index contributed by atoms with van der Waals surface area (Å²) in [6.07, 6.45) is 6.74. The lowest BCUT2D eigenvalue weighted by Crippen LogP contribution is -2.41. The summed E-state index contributed by atoms with van der Waals surface area (Å²) < 4.78 is 14.3. The van der Waals surface area contributed by atoms with E-state index < -0.39 is 0 Å². The molecule has 5 nitrogen and oxygen atoms in total. The lowest BCUT2D eigenvalue weighted by Gasteiger charge is -2.37. The Morgan fingerprint density at radius 2 is 1.83 bits per heavy atom. The topological polar surface area (TPSA) is 56.5 Å². The predicted molar refractivity (Wildman–Crippen MR) is 94.2 cm³/mol. The van der Waals surface area contributed by atoms with Crippen molar-refractivity contribution in [3.05, 3.63) is 12.4 Å². The van der Waals surface area contributed by atoms with Crippen molar-refractivity contribution in [2.75, 3.05) is 18.1 Å². The van der Waals surface area contributed by atoms with Crippen LogP contribution in [0.4, 0.5) is 0 Å². The number of hydrogen-bond acceptors (Lipinski definition) is 5. The zero-order valence-corrected chi connectivity index (χ0v) is 15.4. The van der Waals surface area contributed by atoms with Crippen molar-refractivity contribution in [1.82, 2.24) is 9.78 Å². The van der Waals surface area contributed by atoms with Crippen molar-refractivity contribution in [1.29, 1.82) is 0 Å². The first-order valence-electron chi connectivity index (χ1n) is 8.39. The van der Waals surface area contributed by atoms with Crippen LogP contribution in [0.3, 0.4) is 0 Å². The summed E-state index contributed by atoms with van der Waals surface area (Å²) in [6.45, 7) is 8.43. The van der Waals surface area contributed by atoms with Crippen molar-refractivity contribution in [2.24, 2.45) is 0 Å². The summed E-state index contributed by atoms with van der Waals surface area (Å²) in [5.74, 6) is 2.23. The van der Waals surface area contributed by atoms with Crippen molar-refractivity contribution in [3.8, 4) is 0 Å². The van der Waals surface area contributed by atoms with Gasteiger partial charge in [-0.05, 0) is 58.5 Å². The second-order valence-corrected chi connectivity index (χ2v) is 8.84. The van der Waals surface area contributed by atoms with Gasteiger partial charge in [-0.3, -0.25) is 4.68 Å². The van der Waals surface area contributed by atoms with Gasteiger partial charge in [-0.1, -0.05) is 0 Å². The normalized spacial score (nSPS) is 25.7. The minimum absolute atomic E-state index is 0.0676. The number of hydrogen-bond donors (Lipinski definition) is 1. The average Bonchev–Trinajstić information content (AvgIpc) is 3.04. The third-order valence-corrected chi connectivity index (χ3v) is 6.60. The van der Waals surface area contributed by atoms with Crippen LogP contribution in [0.25, 0.3) is 0 Å². The predicted octanol–water partition coefficient (Wildman–Crippen LogP) is 1.79. The first-order chi connectivity index (χ1) is 10.8. The summed E-state index contributed by atoms with van der Waals surface area (Å²) in [7, 11) is -0.377. The summed E-state index contributed by atoms with van der Waals surface area (Å²) in [5.41, 5.74) is 0.204. The SMILES string of the molecule is CC1(C)OB(c2cnn(C3(CCO)CCSCC3)c2)OC1(C)C. The van der Waals surface area contributed by atoms with E-state index in [4.69, 9.17) is 9.31 Å². The van der Waals surface area contributed by atoms with Crippen LogP contribution in [0.15, 0.2) is 12.4 Å². The van der Waals surface area contributed by atoms with Gasteiger partial charge in [-0.15, -0.1) is 0 Å². The Morgan fingerprint density at radius 3 is 2.39 bits per heavy atom. The molecule has 1 aromatic rings. The van der Waals surface area contributed by atoms with Crippen LogP contribution >= 0.6 is 11.8 Å². The quantitative estimate of drug-likeness (QED) is 0.849. The van der Waals surface area contributed by atoms with Crippen molar-refractivity contribution in [3.63, 3.8) is 0 Å². The second kappa shape index (κ2) is 6.10. The molecular formula is C16H27BN2O3S. The fourth-order valence-corrected chi connectivity index (χ4v) is 4.50. The van der Waals surface area contributed by atoms with Gasteiger partial charge >= 0.3 is 7.12 Å². The van der Waals surface area contributed by atoms with Gasteiger partial charge in [0.2, 0.25) is 0 Å². The maximum atomic E-state index is 9.50. The van der Waals surface area contributed by atoms with Crippen LogP contribution in [0.1, 0.15) is 47.0 Å². The number of rotatable bonds is 4. The van der Waals surface area contributed by atoms with Crippen LogP contribution in [0.5, 0.6) is 0 Å². The van der Waals surface area contributed by atoms with Crippen LogP contribution in [-0.2, 0) is 14.8 Å². The molecule has 128 valence electrons. The lowest BCUT2D eigenvalue weighted by molar-refractivity contribution is 0.00578. The minimum Gasteiger partial charge on any atom is -0.399 e. The molecule has 2 fully saturated rings. The van der Waals surface area contributed by atoms with Crippen molar-refractivity contribution in [2.45, 2.75) is 63.7 Å². The zero-order valence-electron chi connectivity index (χ0n) is 14.5. The van der Waals surface area contributed by atoms with Crippen molar-refractivity contribution < 1.29 is 14.4 Å². The van der Waals surface area contributed by atoms with E-state index in [1.807, 2.05) is 28.8 Å². The first-order valence-corrected chi connectivity index (χ1v) is 9.54. The third kappa shape index (κ3) is 3.08. The number of thioether (sulfide) groups is 1. The van der Waals surface area contributed by atoms with Crippen LogP contribution < -0.4 is 5.46 Å². The number of aromatic nitrogens is 2. The molecular weight excluding hydrogens is 311 g/mol. The highest BCUT2D eigenvalue weighted by Crippen LogP contribution is 2.38. The number of nitrogens with zero attached hydrogens (tertiary/aromatic N) is 2. The molecule has 1 N–H and O–H groups in total. The molecule has 2 saturated heterocycles. The molecule has 2 aliphatic heterocycles. The molecule has 0 aliphatic carbocycles. The third-order valence-electron chi connectivity index (χ3n) is 5.61. The van der Waals surface area contributed by atoms with E-state index in [9.17, 15) is 5.11 Å². The molecule has 1 aromatic heterocycles. The van der Waals surface area contributed by atoms with Gasteiger partial charge in [0.15, 0.2) is 0 Å². The van der Waals surface area contributed by atoms with Gasteiger partial charge < -0.3 is 14.4 Å². The van der Waals surface area contributed by atoms with Gasteiger partial charge in [0.1, 0.15) is 0 Å². The molecule has 0 bridgehead atoms. The smallest absolute Gasteiger partial charge is 0.399 e. The highest BCUT2D eigenvalue weighted by Gasteiger charge is 2.52. The Labute approximate surface area is 143 Å². The molecule has 0 amide bonds. The van der Waals surface area contributed by atoms with E-state index in [2.05, 4.69) is 32.8 Å². The van der Waals surface area contributed by atoms with Gasteiger partial charge in [-0.25, -0.2) is 0 Å². The summed E-state index contributed by atoms with van der Waals surface area (Å²) in [6, 6.07) is 0. The molecule has 7 heteroatoms. The van der Waals surface area contributed by atoms with Crippen LogP contribution in [-0.4, -0.2) is 51.3 Å². The zero-order chi connectivity index (χ0) is 16.7. The molecule has 0 atom stereocenters. The maximum absolute atomic E-state index is 9.50. The molecule has 0 spiro atoms. The van der Waals surface area contributed by atoms with Gasteiger partial charge in [0, 0.05) is 24.5 Å². The van der Waals surface area contributed by atoms with Gasteiger partial charge in [0.05, 0.1) is 16.7 Å². The fraction of sp³-hybridized carbons (Fsp3) is 0.812. The van der Waals surface area contributed by atoms with Crippen LogP contribution in [0.2, 0.25) is 0 Å². The summed E-state index contributed by atoms with van der Waals surface area (Å²) in [4.78, 5) is 0. The lowest BCUT2D eigenvalue weighted by atomic mass is 9.81. The minimum atomic E-state index is -0.377. The largest absolute Gasteiger partial charge is 0.498 e. The Morgan fingerprint density at radius 1 is 1.22 bits per heavy atom. The van der Waals surface area contributed by atoms with E-state index in [0.29, 0.717) is 0 Å². The molecule has 0 saturated carbocycles. The Hall–Kier alpha value is -0.495. The molecule has 3 heterocycles. The van der Waals surface area contributed by atoms with E-state index in [1.54, 1.807) is 0 Å². The van der Waals surface area contributed by atoms with Gasteiger partial charge in [-0.2, -0.15) is 16.9 Å². The highest BCUT2D eigenvalue weighted by molar-refractivity contribution is 7.99. The fourth-order valence-electron chi connectivity index (χ4n) is 3.25. The second-order valence-electron chi connectivity index (χ2n) is 7.62. The standard InChI is InChI=1S/C16H27BN2O3S/c1-14(2)15(3,4)22-17(21-14)13-11-18-19(12-13)16(5-8-20)6-9-23-10-7-16/h11-12,20H,5-10H2,1-4H3. The molecule has 3 rings (SSSR count). The molecule has 23 heavy (non-hydrogen) atoms. The highest BCUT2D eigenvalue weighted by atomic mass is 32.2. The van der Waals surface area contributed by atoms with E-state index in [1.165, 1.54) is 0 Å². The van der Waals surface area contributed by atoms with Crippen molar-refractivity contribution >= 4 is 24.3 Å². The van der Waals surface area contributed by atoms with E-state index >= 15 is 0 Å². The Bertz CT molecular complexity index is 534. The van der Waals surface area contributed by atoms with E-state index in [0.717, 1.165) is 36.2 Å². The first kappa shape index (κ1) is 17.3. The molecule has 0 radical (unpaired) electrons. The molecule has 0 unspecified atom stereocenters. The summed E-state index contributed by atoms with van der Waals surface area (Å²) in [5, 5.41) is 14.1. The monoisotopic (exact) mass is 338 g/mol. The molecule has 2 aliphatic rings. The molecule has 0 aromatic carbocycles. The maximum Gasteiger partial charge on any atom is 0.498 e.